The van der Waals surface area contributed by atoms with E-state index < -0.39 is 12.0 Å². The summed E-state index contributed by atoms with van der Waals surface area (Å²) < 4.78 is 0. The third-order valence-electron chi connectivity index (χ3n) is 3.21. The Hall–Kier alpha value is -2.80. The van der Waals surface area contributed by atoms with E-state index in [0.29, 0.717) is 12.1 Å². The topological polar surface area (TPSA) is 64.3 Å². The Labute approximate surface area is 123 Å². The van der Waals surface area contributed by atoms with Crippen molar-refractivity contribution in [3.05, 3.63) is 66.2 Å². The van der Waals surface area contributed by atoms with Crippen molar-refractivity contribution in [1.82, 2.24) is 0 Å². The van der Waals surface area contributed by atoms with Gasteiger partial charge < -0.3 is 10.0 Å². The number of aliphatic carboxylic acids is 1. The molecule has 0 heterocycles. The molecule has 0 amide bonds. The smallest absolute Gasteiger partial charge is 0.331 e. The zero-order chi connectivity index (χ0) is 15.1. The lowest BCUT2D eigenvalue weighted by Gasteiger charge is -2.30. The SMILES string of the molecule is N#CCCN(c1ccccc1)C(C(=O)O)c1ccccc1. The summed E-state index contributed by atoms with van der Waals surface area (Å²) in [5, 5.41) is 18.5. The molecule has 0 aliphatic rings. The molecule has 1 unspecified atom stereocenters. The van der Waals surface area contributed by atoms with Gasteiger partial charge in [-0.05, 0) is 17.7 Å². The van der Waals surface area contributed by atoms with Crippen molar-refractivity contribution in [3.8, 4) is 6.07 Å². The van der Waals surface area contributed by atoms with Crippen molar-refractivity contribution in [1.29, 1.82) is 5.26 Å². The summed E-state index contributed by atoms with van der Waals surface area (Å²) in [6, 6.07) is 19.7. The molecule has 0 bridgehead atoms. The molecule has 4 heteroatoms. The van der Waals surface area contributed by atoms with Gasteiger partial charge in [0.25, 0.3) is 0 Å². The second-order valence-corrected chi connectivity index (χ2v) is 4.59. The van der Waals surface area contributed by atoms with Gasteiger partial charge in [0.15, 0.2) is 6.04 Å². The highest BCUT2D eigenvalue weighted by molar-refractivity contribution is 5.80. The van der Waals surface area contributed by atoms with Crippen LogP contribution in [0.1, 0.15) is 18.0 Å². The number of anilines is 1. The van der Waals surface area contributed by atoms with Crippen LogP contribution < -0.4 is 4.90 Å². The van der Waals surface area contributed by atoms with E-state index in [1.807, 2.05) is 48.5 Å². The Balaban J connectivity index is 2.41. The van der Waals surface area contributed by atoms with Gasteiger partial charge in [0.2, 0.25) is 0 Å². The number of hydrogen-bond acceptors (Lipinski definition) is 3. The first kappa shape index (κ1) is 14.6. The van der Waals surface area contributed by atoms with Gasteiger partial charge in [-0.1, -0.05) is 48.5 Å². The van der Waals surface area contributed by atoms with Crippen molar-refractivity contribution >= 4 is 11.7 Å². The third kappa shape index (κ3) is 3.61. The van der Waals surface area contributed by atoms with Crippen LogP contribution in [-0.4, -0.2) is 17.6 Å². The summed E-state index contributed by atoms with van der Waals surface area (Å²) in [5.74, 6) is -0.928. The van der Waals surface area contributed by atoms with E-state index in [1.165, 1.54) is 0 Å². The lowest BCUT2D eigenvalue weighted by atomic mass is 10.0. The number of hydrogen-bond donors (Lipinski definition) is 1. The molecule has 2 rings (SSSR count). The highest BCUT2D eigenvalue weighted by Crippen LogP contribution is 2.27. The van der Waals surface area contributed by atoms with Gasteiger partial charge in [-0.15, -0.1) is 0 Å². The highest BCUT2D eigenvalue weighted by atomic mass is 16.4. The maximum absolute atomic E-state index is 11.8. The molecule has 0 fully saturated rings. The molecule has 2 aromatic rings. The summed E-state index contributed by atoms with van der Waals surface area (Å²) in [4.78, 5) is 13.5. The van der Waals surface area contributed by atoms with Crippen LogP contribution in [0.3, 0.4) is 0 Å². The van der Waals surface area contributed by atoms with Crippen LogP contribution in [0.2, 0.25) is 0 Å². The minimum absolute atomic E-state index is 0.269. The quantitative estimate of drug-likeness (QED) is 0.882. The Bertz CT molecular complexity index is 620. The van der Waals surface area contributed by atoms with Crippen LogP contribution >= 0.6 is 0 Å². The van der Waals surface area contributed by atoms with E-state index in [4.69, 9.17) is 5.26 Å². The van der Waals surface area contributed by atoms with Gasteiger partial charge in [-0.3, -0.25) is 0 Å². The van der Waals surface area contributed by atoms with E-state index in [9.17, 15) is 9.90 Å². The Morgan fingerprint density at radius 1 is 1.10 bits per heavy atom. The molecule has 0 aromatic heterocycles. The van der Waals surface area contributed by atoms with Crippen molar-refractivity contribution in [2.75, 3.05) is 11.4 Å². The molecule has 4 nitrogen and oxygen atoms in total. The van der Waals surface area contributed by atoms with Crippen LogP contribution in [0.4, 0.5) is 5.69 Å². The summed E-state index contributed by atoms with van der Waals surface area (Å²) in [5.41, 5.74) is 1.50. The molecule has 0 saturated heterocycles. The maximum Gasteiger partial charge on any atom is 0.331 e. The predicted octanol–water partition coefficient (Wildman–Crippen LogP) is 3.23. The van der Waals surface area contributed by atoms with Gasteiger partial charge in [0, 0.05) is 12.2 Å². The lowest BCUT2D eigenvalue weighted by molar-refractivity contribution is -0.138. The van der Waals surface area contributed by atoms with Crippen molar-refractivity contribution in [2.24, 2.45) is 0 Å². The summed E-state index contributed by atoms with van der Waals surface area (Å²) in [7, 11) is 0. The molecule has 0 radical (unpaired) electrons. The first-order valence-electron chi connectivity index (χ1n) is 6.70. The number of carboxylic acid groups (broad SMARTS) is 1. The molecule has 1 N–H and O–H groups in total. The summed E-state index contributed by atoms with van der Waals surface area (Å²) >= 11 is 0. The normalized spacial score (nSPS) is 11.4. The summed E-state index contributed by atoms with van der Waals surface area (Å²) in [6.07, 6.45) is 0.269. The summed E-state index contributed by atoms with van der Waals surface area (Å²) in [6.45, 7) is 0.367. The van der Waals surface area contributed by atoms with Crippen molar-refractivity contribution < 1.29 is 9.90 Å². The average Bonchev–Trinajstić information content (AvgIpc) is 2.52. The van der Waals surface area contributed by atoms with Crippen LogP contribution in [0.15, 0.2) is 60.7 Å². The van der Waals surface area contributed by atoms with Crippen molar-refractivity contribution in [2.45, 2.75) is 12.5 Å². The third-order valence-corrected chi connectivity index (χ3v) is 3.21. The zero-order valence-electron chi connectivity index (χ0n) is 11.5. The lowest BCUT2D eigenvalue weighted by Crippen LogP contribution is -2.35. The van der Waals surface area contributed by atoms with Gasteiger partial charge >= 0.3 is 5.97 Å². The van der Waals surface area contributed by atoms with Gasteiger partial charge in [0.05, 0.1) is 12.5 Å². The molecule has 21 heavy (non-hydrogen) atoms. The molecule has 0 spiro atoms. The monoisotopic (exact) mass is 280 g/mol. The molecule has 0 saturated carbocycles. The zero-order valence-corrected chi connectivity index (χ0v) is 11.5. The van der Waals surface area contributed by atoms with Crippen LogP contribution in [0, 0.1) is 11.3 Å². The Kier molecular flexibility index (Phi) is 4.94. The molecule has 0 aliphatic carbocycles. The van der Waals surface area contributed by atoms with E-state index >= 15 is 0 Å². The average molecular weight is 280 g/mol. The second-order valence-electron chi connectivity index (χ2n) is 4.59. The Morgan fingerprint density at radius 2 is 1.67 bits per heavy atom. The van der Waals surface area contributed by atoms with Crippen LogP contribution in [0.25, 0.3) is 0 Å². The molecule has 1 atom stereocenters. The maximum atomic E-state index is 11.8. The number of nitriles is 1. The Morgan fingerprint density at radius 3 is 2.19 bits per heavy atom. The molecular formula is C17H16N2O2. The number of benzene rings is 2. The highest BCUT2D eigenvalue weighted by Gasteiger charge is 2.27. The first-order chi connectivity index (χ1) is 10.2. The molecular weight excluding hydrogens is 264 g/mol. The van der Waals surface area contributed by atoms with Crippen LogP contribution in [0.5, 0.6) is 0 Å². The minimum Gasteiger partial charge on any atom is -0.479 e. The van der Waals surface area contributed by atoms with E-state index in [0.717, 1.165) is 5.69 Å². The van der Waals surface area contributed by atoms with Gasteiger partial charge in [-0.2, -0.15) is 5.26 Å². The van der Waals surface area contributed by atoms with Crippen LogP contribution in [-0.2, 0) is 4.79 Å². The number of carbonyl (C=O) groups is 1. The van der Waals surface area contributed by atoms with E-state index in [2.05, 4.69) is 6.07 Å². The molecule has 2 aromatic carbocycles. The van der Waals surface area contributed by atoms with E-state index in [-0.39, 0.29) is 6.42 Å². The standard InChI is InChI=1S/C17H16N2O2/c18-12-7-13-19(15-10-5-2-6-11-15)16(17(20)21)14-8-3-1-4-9-14/h1-6,8-11,16H,7,13H2,(H,20,21). The number of nitrogens with zero attached hydrogens (tertiary/aromatic N) is 2. The molecule has 0 aliphatic heterocycles. The minimum atomic E-state index is -0.928. The number of para-hydroxylation sites is 1. The largest absolute Gasteiger partial charge is 0.479 e. The van der Waals surface area contributed by atoms with E-state index in [1.54, 1.807) is 17.0 Å². The number of rotatable bonds is 6. The fourth-order valence-corrected chi connectivity index (χ4v) is 2.29. The fraction of sp³-hybridized carbons (Fsp3) is 0.176. The van der Waals surface area contributed by atoms with Crippen molar-refractivity contribution in [3.63, 3.8) is 0 Å². The predicted molar refractivity (Wildman–Crippen MR) is 80.8 cm³/mol. The second kappa shape index (κ2) is 7.11. The van der Waals surface area contributed by atoms with Gasteiger partial charge in [-0.25, -0.2) is 4.79 Å². The fourth-order valence-electron chi connectivity index (χ4n) is 2.29. The number of carboxylic acids is 1. The molecule has 106 valence electrons. The first-order valence-corrected chi connectivity index (χ1v) is 6.70. The van der Waals surface area contributed by atoms with Gasteiger partial charge in [0.1, 0.15) is 0 Å².